The van der Waals surface area contributed by atoms with Crippen molar-refractivity contribution in [1.29, 1.82) is 5.26 Å². The summed E-state index contributed by atoms with van der Waals surface area (Å²) in [5.74, 6) is -0.438. The number of Topliss-reactive ketones (excluding diaryl/α,β-unsaturated/α-hetero) is 1. The summed E-state index contributed by atoms with van der Waals surface area (Å²) in [7, 11) is -3.82. The molecule has 0 aliphatic carbocycles. The van der Waals surface area contributed by atoms with Crippen LogP contribution in [0.5, 0.6) is 0 Å². The number of nitrogens with zero attached hydrogens (tertiary/aromatic N) is 1. The molecule has 0 heterocycles. The molecule has 0 saturated heterocycles. The minimum Gasteiger partial charge on any atom is -0.298 e. The fourth-order valence-corrected chi connectivity index (χ4v) is 2.39. The zero-order chi connectivity index (χ0) is 13.8. The first-order valence-corrected chi connectivity index (χ1v) is 6.88. The van der Waals surface area contributed by atoms with Gasteiger partial charge in [-0.25, -0.2) is 13.1 Å². The molecule has 0 bridgehead atoms. The smallest absolute Gasteiger partial charge is 0.242 e. The van der Waals surface area contributed by atoms with Crippen LogP contribution in [0.1, 0.15) is 19.4 Å². The molecule has 96 valence electrons. The fraction of sp³-hybridized carbons (Fsp3) is 0.333. The number of rotatable bonds is 5. The lowest BCUT2D eigenvalue weighted by atomic mass is 10.1. The molecule has 0 spiro atoms. The Hall–Kier alpha value is -1.71. The largest absolute Gasteiger partial charge is 0.298 e. The van der Waals surface area contributed by atoms with E-state index in [1.54, 1.807) is 19.9 Å². The molecule has 0 radical (unpaired) electrons. The SMILES string of the molecule is CC(C)C(=O)CNS(=O)(=O)c1ccccc1C#N. The van der Waals surface area contributed by atoms with Crippen molar-refractivity contribution < 1.29 is 13.2 Å². The highest BCUT2D eigenvalue weighted by molar-refractivity contribution is 7.89. The predicted octanol–water partition coefficient (Wildman–Crippen LogP) is 1.06. The van der Waals surface area contributed by atoms with Crippen molar-refractivity contribution in [3.8, 4) is 6.07 Å². The molecule has 1 rings (SSSR count). The maximum Gasteiger partial charge on any atom is 0.242 e. The summed E-state index contributed by atoms with van der Waals surface area (Å²) in [6.45, 7) is 3.12. The first-order valence-electron chi connectivity index (χ1n) is 5.40. The molecule has 1 aromatic rings. The normalized spacial score (nSPS) is 11.2. The number of ketones is 1. The lowest BCUT2D eigenvalue weighted by Gasteiger charge is -2.08. The second-order valence-corrected chi connectivity index (χ2v) is 5.79. The third-order valence-electron chi connectivity index (χ3n) is 2.38. The number of carbonyl (C=O) groups is 1. The first-order chi connectivity index (χ1) is 8.38. The molecule has 0 atom stereocenters. The van der Waals surface area contributed by atoms with Crippen LogP contribution in [0.25, 0.3) is 0 Å². The topological polar surface area (TPSA) is 87.0 Å². The van der Waals surface area contributed by atoms with Crippen LogP contribution in [0.3, 0.4) is 0 Å². The summed E-state index contributed by atoms with van der Waals surface area (Å²) in [5, 5.41) is 8.84. The van der Waals surface area contributed by atoms with Gasteiger partial charge >= 0.3 is 0 Å². The highest BCUT2D eigenvalue weighted by Crippen LogP contribution is 2.13. The Kier molecular flexibility index (Phi) is 4.59. The van der Waals surface area contributed by atoms with Crippen molar-refractivity contribution in [3.05, 3.63) is 29.8 Å². The van der Waals surface area contributed by atoms with E-state index in [-0.39, 0.29) is 28.7 Å². The van der Waals surface area contributed by atoms with Crippen LogP contribution in [0, 0.1) is 17.2 Å². The second kappa shape index (κ2) is 5.76. The fourth-order valence-electron chi connectivity index (χ4n) is 1.24. The van der Waals surface area contributed by atoms with Crippen LogP contribution < -0.4 is 4.72 Å². The Bertz CT molecular complexity index is 586. The van der Waals surface area contributed by atoms with Gasteiger partial charge in [0.15, 0.2) is 0 Å². The molecule has 0 fully saturated rings. The van der Waals surface area contributed by atoms with Gasteiger partial charge in [0.25, 0.3) is 0 Å². The van der Waals surface area contributed by atoms with E-state index in [4.69, 9.17) is 5.26 Å². The van der Waals surface area contributed by atoms with Crippen molar-refractivity contribution in [3.63, 3.8) is 0 Å². The quantitative estimate of drug-likeness (QED) is 0.863. The van der Waals surface area contributed by atoms with Gasteiger partial charge in [-0.2, -0.15) is 5.26 Å². The molecular formula is C12H14N2O3S. The molecule has 0 aromatic heterocycles. The molecule has 0 unspecified atom stereocenters. The van der Waals surface area contributed by atoms with E-state index in [1.165, 1.54) is 18.2 Å². The minimum absolute atomic E-state index is 0.0574. The van der Waals surface area contributed by atoms with Crippen LogP contribution in [0.2, 0.25) is 0 Å². The van der Waals surface area contributed by atoms with Gasteiger partial charge in [0, 0.05) is 5.92 Å². The van der Waals surface area contributed by atoms with Crippen molar-refractivity contribution in [1.82, 2.24) is 4.72 Å². The lowest BCUT2D eigenvalue weighted by Crippen LogP contribution is -2.32. The average molecular weight is 266 g/mol. The first kappa shape index (κ1) is 14.4. The Morgan fingerprint density at radius 2 is 2.00 bits per heavy atom. The number of carbonyl (C=O) groups excluding carboxylic acids is 1. The number of nitriles is 1. The van der Waals surface area contributed by atoms with Crippen LogP contribution in [-0.2, 0) is 14.8 Å². The summed E-state index contributed by atoms with van der Waals surface area (Å²) in [4.78, 5) is 11.3. The van der Waals surface area contributed by atoms with E-state index in [0.29, 0.717) is 0 Å². The van der Waals surface area contributed by atoms with Gasteiger partial charge in [-0.1, -0.05) is 26.0 Å². The second-order valence-electron chi connectivity index (χ2n) is 4.05. The molecule has 0 aliphatic heterocycles. The van der Waals surface area contributed by atoms with E-state index in [2.05, 4.69) is 4.72 Å². The van der Waals surface area contributed by atoms with Gasteiger partial charge in [0.1, 0.15) is 11.9 Å². The van der Waals surface area contributed by atoms with Gasteiger partial charge in [0.2, 0.25) is 10.0 Å². The van der Waals surface area contributed by atoms with Crippen LogP contribution in [-0.4, -0.2) is 20.7 Å². The van der Waals surface area contributed by atoms with Gasteiger partial charge in [-0.05, 0) is 12.1 Å². The van der Waals surface area contributed by atoms with E-state index < -0.39 is 10.0 Å². The summed E-state index contributed by atoms with van der Waals surface area (Å²) in [6, 6.07) is 7.67. The zero-order valence-corrected chi connectivity index (χ0v) is 11.0. The van der Waals surface area contributed by atoms with Crippen molar-refractivity contribution >= 4 is 15.8 Å². The van der Waals surface area contributed by atoms with Crippen molar-refractivity contribution in [2.24, 2.45) is 5.92 Å². The Balaban J connectivity index is 2.95. The van der Waals surface area contributed by atoms with Crippen LogP contribution in [0.15, 0.2) is 29.2 Å². The van der Waals surface area contributed by atoms with Crippen molar-refractivity contribution in [2.45, 2.75) is 18.7 Å². The third kappa shape index (κ3) is 3.39. The zero-order valence-electron chi connectivity index (χ0n) is 10.2. The van der Waals surface area contributed by atoms with Crippen molar-refractivity contribution in [2.75, 3.05) is 6.54 Å². The van der Waals surface area contributed by atoms with Crippen LogP contribution in [0.4, 0.5) is 0 Å². The molecule has 1 N–H and O–H groups in total. The van der Waals surface area contributed by atoms with Gasteiger partial charge in [-0.3, -0.25) is 4.79 Å². The number of hydrogen-bond donors (Lipinski definition) is 1. The number of hydrogen-bond acceptors (Lipinski definition) is 4. The summed E-state index contributed by atoms with van der Waals surface area (Å²) < 4.78 is 26.1. The minimum atomic E-state index is -3.82. The molecule has 1 aromatic carbocycles. The molecule has 0 aliphatic rings. The Morgan fingerprint density at radius 3 is 2.56 bits per heavy atom. The average Bonchev–Trinajstić information content (AvgIpc) is 2.35. The predicted molar refractivity (Wildman–Crippen MR) is 66.2 cm³/mol. The third-order valence-corrected chi connectivity index (χ3v) is 3.84. The maximum atomic E-state index is 11.9. The van der Waals surface area contributed by atoms with Gasteiger partial charge in [-0.15, -0.1) is 0 Å². The van der Waals surface area contributed by atoms with Crippen LogP contribution >= 0.6 is 0 Å². The van der Waals surface area contributed by atoms with E-state index in [0.717, 1.165) is 0 Å². The Morgan fingerprint density at radius 1 is 1.39 bits per heavy atom. The molecule has 5 nitrogen and oxygen atoms in total. The molecule has 6 heteroatoms. The highest BCUT2D eigenvalue weighted by atomic mass is 32.2. The maximum absolute atomic E-state index is 11.9. The number of sulfonamides is 1. The standard InChI is InChI=1S/C12H14N2O3S/c1-9(2)11(15)8-14-18(16,17)12-6-4-3-5-10(12)7-13/h3-6,9,14H,8H2,1-2H3. The number of nitrogens with one attached hydrogen (secondary N) is 1. The van der Waals surface area contributed by atoms with E-state index in [9.17, 15) is 13.2 Å². The number of benzene rings is 1. The molecule has 18 heavy (non-hydrogen) atoms. The van der Waals surface area contributed by atoms with E-state index in [1.807, 2.05) is 6.07 Å². The lowest BCUT2D eigenvalue weighted by molar-refractivity contribution is -0.120. The van der Waals surface area contributed by atoms with Gasteiger partial charge in [0.05, 0.1) is 17.0 Å². The summed E-state index contributed by atoms with van der Waals surface area (Å²) >= 11 is 0. The molecular weight excluding hydrogens is 252 g/mol. The molecule has 0 saturated carbocycles. The van der Waals surface area contributed by atoms with E-state index >= 15 is 0 Å². The monoisotopic (exact) mass is 266 g/mol. The van der Waals surface area contributed by atoms with Gasteiger partial charge < -0.3 is 0 Å². The summed E-state index contributed by atoms with van der Waals surface area (Å²) in [6.07, 6.45) is 0. The molecule has 0 amide bonds. The summed E-state index contributed by atoms with van der Waals surface area (Å²) in [5.41, 5.74) is 0.0574. The highest BCUT2D eigenvalue weighted by Gasteiger charge is 2.19. The Labute approximate surface area is 106 Å².